The lowest BCUT2D eigenvalue weighted by Gasteiger charge is -2.18. The van der Waals surface area contributed by atoms with Crippen molar-refractivity contribution in [1.29, 1.82) is 0 Å². The molecule has 0 saturated carbocycles. The van der Waals surface area contributed by atoms with Crippen LogP contribution in [-0.4, -0.2) is 29.2 Å². The monoisotopic (exact) mass is 368 g/mol. The summed E-state index contributed by atoms with van der Waals surface area (Å²) in [6.45, 7) is 2.79. The number of anilines is 2. The quantitative estimate of drug-likeness (QED) is 0.738. The van der Waals surface area contributed by atoms with E-state index in [1.165, 1.54) is 21.9 Å². The Balaban J connectivity index is 1.58. The normalized spacial score (nSPS) is 15.2. The summed E-state index contributed by atoms with van der Waals surface area (Å²) in [5.41, 5.74) is 1.12. The number of halogens is 1. The molecule has 4 rings (SSSR count). The lowest BCUT2D eigenvalue weighted by atomic mass is 10.0. The summed E-state index contributed by atoms with van der Waals surface area (Å²) < 4.78 is 4.95. The molecule has 7 heteroatoms. The molecule has 1 N–H and O–H groups in total. The minimum atomic E-state index is -0.445. The molecule has 2 aromatic carbocycles. The van der Waals surface area contributed by atoms with Gasteiger partial charge < -0.3 is 10.1 Å². The van der Waals surface area contributed by atoms with Gasteiger partial charge in [-0.3, -0.25) is 4.90 Å². The van der Waals surface area contributed by atoms with E-state index < -0.39 is 6.09 Å². The molecular weight excluding hydrogens is 352 g/mol. The van der Waals surface area contributed by atoms with Crippen LogP contribution in [0.2, 0.25) is 5.02 Å². The standard InChI is InChI=1S/C19H17ClN4O2/c1-12(14-7-6-13-4-2-3-5-15(13)10-14)22-18-21-11-16(20)17(23-18)24-8-9-26-19(24)25/h2-7,10-12H,8-9H2,1H3,(H,21,22,23)/t12-/m0/s1. The maximum Gasteiger partial charge on any atom is 0.415 e. The molecule has 1 aromatic heterocycles. The van der Waals surface area contributed by atoms with Crippen molar-refractivity contribution in [3.63, 3.8) is 0 Å². The molecule has 0 unspecified atom stereocenters. The summed E-state index contributed by atoms with van der Waals surface area (Å²) in [7, 11) is 0. The van der Waals surface area contributed by atoms with Crippen LogP contribution in [0.3, 0.4) is 0 Å². The molecule has 2 heterocycles. The highest BCUT2D eigenvalue weighted by Crippen LogP contribution is 2.28. The molecule has 0 spiro atoms. The number of cyclic esters (lactones) is 1. The predicted molar refractivity (Wildman–Crippen MR) is 102 cm³/mol. The largest absolute Gasteiger partial charge is 0.447 e. The summed E-state index contributed by atoms with van der Waals surface area (Å²) >= 11 is 6.16. The highest BCUT2D eigenvalue weighted by molar-refractivity contribution is 6.33. The number of carbonyl (C=O) groups is 1. The average Bonchev–Trinajstić information content (AvgIpc) is 3.08. The molecule has 0 aliphatic carbocycles. The van der Waals surface area contributed by atoms with Crippen molar-refractivity contribution >= 4 is 40.2 Å². The van der Waals surface area contributed by atoms with Crippen molar-refractivity contribution < 1.29 is 9.53 Å². The van der Waals surface area contributed by atoms with Gasteiger partial charge in [0.05, 0.1) is 18.8 Å². The second kappa shape index (κ2) is 6.80. The van der Waals surface area contributed by atoms with Gasteiger partial charge in [0.1, 0.15) is 11.6 Å². The third-order valence-electron chi connectivity index (χ3n) is 4.36. The second-order valence-corrected chi connectivity index (χ2v) is 6.51. The number of nitrogens with zero attached hydrogens (tertiary/aromatic N) is 3. The van der Waals surface area contributed by atoms with Crippen LogP contribution >= 0.6 is 11.6 Å². The Kier molecular flexibility index (Phi) is 4.34. The first kappa shape index (κ1) is 16.6. The van der Waals surface area contributed by atoms with Gasteiger partial charge >= 0.3 is 6.09 Å². The molecule has 3 aromatic rings. The van der Waals surface area contributed by atoms with Gasteiger partial charge in [0, 0.05) is 0 Å². The number of amides is 1. The minimum Gasteiger partial charge on any atom is -0.447 e. The smallest absolute Gasteiger partial charge is 0.415 e. The van der Waals surface area contributed by atoms with Gasteiger partial charge in [-0.25, -0.2) is 9.78 Å². The molecule has 132 valence electrons. The number of fused-ring (bicyclic) bond motifs is 1. The Morgan fingerprint density at radius 2 is 2.04 bits per heavy atom. The number of carbonyl (C=O) groups excluding carboxylic acids is 1. The number of nitrogens with one attached hydrogen (secondary N) is 1. The van der Waals surface area contributed by atoms with E-state index in [2.05, 4.69) is 45.6 Å². The van der Waals surface area contributed by atoms with E-state index in [4.69, 9.17) is 16.3 Å². The van der Waals surface area contributed by atoms with E-state index in [0.29, 0.717) is 29.9 Å². The molecule has 0 radical (unpaired) electrons. The lowest BCUT2D eigenvalue weighted by Crippen LogP contribution is -2.25. The van der Waals surface area contributed by atoms with Crippen molar-refractivity contribution in [2.45, 2.75) is 13.0 Å². The molecule has 1 aliphatic heterocycles. The zero-order valence-corrected chi connectivity index (χ0v) is 14.9. The minimum absolute atomic E-state index is 0.0147. The Labute approximate surface area is 155 Å². The van der Waals surface area contributed by atoms with Crippen LogP contribution in [0.15, 0.2) is 48.7 Å². The number of aromatic nitrogens is 2. The van der Waals surface area contributed by atoms with Gasteiger partial charge in [0.25, 0.3) is 0 Å². The van der Waals surface area contributed by atoms with Crippen molar-refractivity contribution in [1.82, 2.24) is 9.97 Å². The molecule has 1 atom stereocenters. The van der Waals surface area contributed by atoms with Gasteiger partial charge in [-0.1, -0.05) is 48.0 Å². The summed E-state index contributed by atoms with van der Waals surface area (Å²) in [5, 5.41) is 5.95. The van der Waals surface area contributed by atoms with Crippen molar-refractivity contribution in [3.8, 4) is 0 Å². The van der Waals surface area contributed by atoms with E-state index in [1.807, 2.05) is 19.1 Å². The molecule has 1 fully saturated rings. The molecule has 26 heavy (non-hydrogen) atoms. The van der Waals surface area contributed by atoms with Crippen LogP contribution in [0.1, 0.15) is 18.5 Å². The summed E-state index contributed by atoms with van der Waals surface area (Å²) in [6.07, 6.45) is 1.05. The third kappa shape index (κ3) is 3.15. The number of hydrogen-bond acceptors (Lipinski definition) is 5. The van der Waals surface area contributed by atoms with E-state index in [1.54, 1.807) is 0 Å². The number of benzene rings is 2. The van der Waals surface area contributed by atoms with Gasteiger partial charge in [0.2, 0.25) is 5.95 Å². The molecule has 1 amide bonds. The average molecular weight is 369 g/mol. The van der Waals surface area contributed by atoms with Gasteiger partial charge in [-0.15, -0.1) is 0 Å². The Morgan fingerprint density at radius 1 is 1.23 bits per heavy atom. The maximum absolute atomic E-state index is 11.8. The van der Waals surface area contributed by atoms with Crippen LogP contribution in [0, 0.1) is 0 Å². The first-order valence-electron chi connectivity index (χ1n) is 8.34. The van der Waals surface area contributed by atoms with E-state index in [0.717, 1.165) is 5.56 Å². The molecule has 0 bridgehead atoms. The van der Waals surface area contributed by atoms with Crippen molar-refractivity contribution in [3.05, 3.63) is 59.2 Å². The first-order valence-corrected chi connectivity index (χ1v) is 8.72. The Hall–Kier alpha value is -2.86. The van der Waals surface area contributed by atoms with Crippen LogP contribution in [-0.2, 0) is 4.74 Å². The number of rotatable bonds is 4. The topological polar surface area (TPSA) is 67.3 Å². The summed E-state index contributed by atoms with van der Waals surface area (Å²) in [5.74, 6) is 0.766. The predicted octanol–water partition coefficient (Wildman–Crippen LogP) is 4.41. The van der Waals surface area contributed by atoms with Crippen molar-refractivity contribution in [2.24, 2.45) is 0 Å². The Morgan fingerprint density at radius 3 is 2.81 bits per heavy atom. The second-order valence-electron chi connectivity index (χ2n) is 6.10. The van der Waals surface area contributed by atoms with Gasteiger partial charge in [-0.05, 0) is 29.3 Å². The highest BCUT2D eigenvalue weighted by Gasteiger charge is 2.27. The van der Waals surface area contributed by atoms with Crippen LogP contribution in [0.4, 0.5) is 16.6 Å². The van der Waals surface area contributed by atoms with E-state index in [9.17, 15) is 4.79 Å². The first-order chi connectivity index (χ1) is 12.6. The fourth-order valence-corrected chi connectivity index (χ4v) is 3.15. The number of hydrogen-bond donors (Lipinski definition) is 1. The SMILES string of the molecule is C[C@H](Nc1ncc(Cl)c(N2CCOC2=O)n1)c1ccc2ccccc2c1. The fraction of sp³-hybridized carbons (Fsp3) is 0.211. The van der Waals surface area contributed by atoms with Crippen molar-refractivity contribution in [2.75, 3.05) is 23.4 Å². The van der Waals surface area contributed by atoms with Gasteiger partial charge in [0.15, 0.2) is 5.82 Å². The molecule has 6 nitrogen and oxygen atoms in total. The van der Waals surface area contributed by atoms with Crippen LogP contribution in [0.5, 0.6) is 0 Å². The third-order valence-corrected chi connectivity index (χ3v) is 4.63. The zero-order chi connectivity index (χ0) is 18.1. The molecular formula is C19H17ClN4O2. The van der Waals surface area contributed by atoms with Gasteiger partial charge in [-0.2, -0.15) is 4.98 Å². The fourth-order valence-electron chi connectivity index (χ4n) is 2.96. The van der Waals surface area contributed by atoms with Crippen LogP contribution < -0.4 is 10.2 Å². The zero-order valence-electron chi connectivity index (χ0n) is 14.1. The van der Waals surface area contributed by atoms with Crippen LogP contribution in [0.25, 0.3) is 10.8 Å². The number of ether oxygens (including phenoxy) is 1. The molecule has 1 aliphatic rings. The summed E-state index contributed by atoms with van der Waals surface area (Å²) in [6, 6.07) is 14.5. The lowest BCUT2D eigenvalue weighted by molar-refractivity contribution is 0.181. The van der Waals surface area contributed by atoms with E-state index in [-0.39, 0.29) is 6.04 Å². The maximum atomic E-state index is 11.8. The Bertz CT molecular complexity index is 979. The highest BCUT2D eigenvalue weighted by atomic mass is 35.5. The molecule has 1 saturated heterocycles. The van der Waals surface area contributed by atoms with E-state index >= 15 is 0 Å². The summed E-state index contributed by atoms with van der Waals surface area (Å²) in [4.78, 5) is 21.8.